The van der Waals surface area contributed by atoms with Crippen molar-refractivity contribution in [2.45, 2.75) is 5.75 Å². The average molecular weight is 234 g/mol. The maximum absolute atomic E-state index is 11.0. The molecular weight excluding hydrogens is 222 g/mol. The van der Waals surface area contributed by atoms with E-state index in [1.165, 1.54) is 7.11 Å². The third-order valence-corrected chi connectivity index (χ3v) is 2.82. The van der Waals surface area contributed by atoms with E-state index in [0.29, 0.717) is 22.2 Å². The summed E-state index contributed by atoms with van der Waals surface area (Å²) >= 11 is 5.86. The first-order valence-electron chi connectivity index (χ1n) is 3.97. The molecule has 5 heteroatoms. The fraction of sp³-hybridized carbons (Fsp3) is 0.333. The van der Waals surface area contributed by atoms with Crippen molar-refractivity contribution in [3.05, 3.63) is 22.7 Å². The van der Waals surface area contributed by atoms with Crippen molar-refractivity contribution in [2.75, 3.05) is 19.1 Å². The van der Waals surface area contributed by atoms with Crippen molar-refractivity contribution >= 4 is 28.1 Å². The third-order valence-electron chi connectivity index (χ3n) is 1.80. The fourth-order valence-corrected chi connectivity index (χ4v) is 2.10. The number of hydrogen-bond acceptors (Lipinski definition) is 3. The van der Waals surface area contributed by atoms with Crippen LogP contribution in [0.25, 0.3) is 0 Å². The molecule has 0 spiro atoms. The van der Waals surface area contributed by atoms with Crippen LogP contribution in [0.1, 0.15) is 5.56 Å². The Labute approximate surface area is 90.7 Å². The molecule has 1 aromatic rings. The lowest BCUT2D eigenvalue weighted by molar-refractivity contribution is 0.417. The van der Waals surface area contributed by atoms with E-state index in [9.17, 15) is 4.21 Å². The van der Waals surface area contributed by atoms with Gasteiger partial charge in [0.1, 0.15) is 0 Å². The van der Waals surface area contributed by atoms with Crippen molar-refractivity contribution in [3.63, 3.8) is 0 Å². The molecule has 0 bridgehead atoms. The highest BCUT2D eigenvalue weighted by molar-refractivity contribution is 7.83. The third kappa shape index (κ3) is 2.39. The lowest BCUT2D eigenvalue weighted by atomic mass is 10.2. The highest BCUT2D eigenvalue weighted by Crippen LogP contribution is 2.33. The molecule has 1 atom stereocenters. The van der Waals surface area contributed by atoms with Gasteiger partial charge in [0.15, 0.2) is 5.75 Å². The summed E-state index contributed by atoms with van der Waals surface area (Å²) in [5.41, 5.74) is 7.07. The van der Waals surface area contributed by atoms with E-state index in [0.717, 1.165) is 5.56 Å². The Balaban J connectivity index is 3.14. The highest BCUT2D eigenvalue weighted by atomic mass is 35.5. The molecule has 0 radical (unpaired) electrons. The van der Waals surface area contributed by atoms with Crippen LogP contribution < -0.4 is 10.5 Å². The molecule has 0 amide bonds. The number of methoxy groups -OCH3 is 1. The van der Waals surface area contributed by atoms with Crippen molar-refractivity contribution in [2.24, 2.45) is 0 Å². The topological polar surface area (TPSA) is 52.3 Å². The van der Waals surface area contributed by atoms with Gasteiger partial charge >= 0.3 is 0 Å². The van der Waals surface area contributed by atoms with Gasteiger partial charge < -0.3 is 10.5 Å². The minimum absolute atomic E-state index is 0.416. The first-order valence-corrected chi connectivity index (χ1v) is 6.07. The molecule has 2 N–H and O–H groups in total. The van der Waals surface area contributed by atoms with Crippen LogP contribution in [-0.4, -0.2) is 17.6 Å². The number of halogens is 1. The molecule has 0 saturated heterocycles. The molecular formula is C9H12ClNO2S. The largest absolute Gasteiger partial charge is 0.493 e. The van der Waals surface area contributed by atoms with Gasteiger partial charge in [-0.15, -0.1) is 0 Å². The van der Waals surface area contributed by atoms with Crippen molar-refractivity contribution in [1.29, 1.82) is 0 Å². The first-order chi connectivity index (χ1) is 6.56. The first kappa shape index (κ1) is 11.3. The number of rotatable bonds is 3. The van der Waals surface area contributed by atoms with E-state index in [2.05, 4.69) is 0 Å². The molecule has 1 unspecified atom stereocenters. The standard InChI is InChI=1S/C9H12ClNO2S/c1-13-9-7(10)4-3-6(8(9)11)5-14(2)12/h3-4H,5,11H2,1-2H3. The lowest BCUT2D eigenvalue weighted by Crippen LogP contribution is -2.01. The van der Waals surface area contributed by atoms with Gasteiger partial charge in [-0.05, 0) is 11.6 Å². The number of anilines is 1. The summed E-state index contributed by atoms with van der Waals surface area (Å²) in [4.78, 5) is 0. The molecule has 78 valence electrons. The fourth-order valence-electron chi connectivity index (χ4n) is 1.17. The zero-order chi connectivity index (χ0) is 10.7. The monoisotopic (exact) mass is 233 g/mol. The maximum atomic E-state index is 11.0. The zero-order valence-electron chi connectivity index (χ0n) is 8.04. The zero-order valence-corrected chi connectivity index (χ0v) is 9.61. The van der Waals surface area contributed by atoms with Crippen LogP contribution in [0.15, 0.2) is 12.1 Å². The molecule has 0 saturated carbocycles. The van der Waals surface area contributed by atoms with Gasteiger partial charge in [-0.1, -0.05) is 17.7 Å². The van der Waals surface area contributed by atoms with E-state index >= 15 is 0 Å². The molecule has 1 rings (SSSR count). The van der Waals surface area contributed by atoms with Gasteiger partial charge in [0.05, 0.1) is 23.6 Å². The average Bonchev–Trinajstić information content (AvgIpc) is 2.10. The Hall–Kier alpha value is -0.740. The van der Waals surface area contributed by atoms with Crippen molar-refractivity contribution in [1.82, 2.24) is 0 Å². The molecule has 3 nitrogen and oxygen atoms in total. The molecule has 0 aliphatic carbocycles. The Morgan fingerprint density at radius 2 is 2.21 bits per heavy atom. The summed E-state index contributed by atoms with van der Waals surface area (Å²) in [5, 5.41) is 0.468. The Kier molecular flexibility index (Phi) is 3.77. The number of benzene rings is 1. The van der Waals surface area contributed by atoms with E-state index < -0.39 is 10.8 Å². The minimum atomic E-state index is -0.922. The van der Waals surface area contributed by atoms with Crippen LogP contribution >= 0.6 is 11.6 Å². The maximum Gasteiger partial charge on any atom is 0.160 e. The lowest BCUT2D eigenvalue weighted by Gasteiger charge is -2.10. The summed E-state index contributed by atoms with van der Waals surface area (Å²) in [6.45, 7) is 0. The minimum Gasteiger partial charge on any atom is -0.493 e. The molecule has 14 heavy (non-hydrogen) atoms. The Bertz CT molecular complexity index is 368. The molecule has 0 heterocycles. The predicted octanol–water partition coefficient (Wildman–Crippen LogP) is 1.81. The molecule has 0 aliphatic heterocycles. The number of nitrogen functional groups attached to an aromatic ring is 1. The van der Waals surface area contributed by atoms with Gasteiger partial charge in [-0.3, -0.25) is 4.21 Å². The van der Waals surface area contributed by atoms with Crippen LogP contribution in [0.5, 0.6) is 5.75 Å². The second-order valence-electron chi connectivity index (χ2n) is 2.87. The van der Waals surface area contributed by atoms with Crippen LogP contribution in [0, 0.1) is 0 Å². The van der Waals surface area contributed by atoms with Gasteiger partial charge in [-0.2, -0.15) is 0 Å². The van der Waals surface area contributed by atoms with Crippen LogP contribution in [-0.2, 0) is 16.6 Å². The summed E-state index contributed by atoms with van der Waals surface area (Å²) < 4.78 is 16.1. The second kappa shape index (κ2) is 4.66. The highest BCUT2D eigenvalue weighted by Gasteiger charge is 2.10. The summed E-state index contributed by atoms with van der Waals surface area (Å²) in [6, 6.07) is 3.46. The number of hydrogen-bond donors (Lipinski definition) is 1. The molecule has 1 aromatic carbocycles. The van der Waals surface area contributed by atoms with E-state index in [1.807, 2.05) is 0 Å². The smallest absolute Gasteiger partial charge is 0.160 e. The Morgan fingerprint density at radius 1 is 1.57 bits per heavy atom. The summed E-state index contributed by atoms with van der Waals surface area (Å²) in [7, 11) is 0.582. The number of ether oxygens (including phenoxy) is 1. The Morgan fingerprint density at radius 3 is 2.71 bits per heavy atom. The van der Waals surface area contributed by atoms with Crippen LogP contribution in [0.4, 0.5) is 5.69 Å². The van der Waals surface area contributed by atoms with Crippen molar-refractivity contribution < 1.29 is 8.95 Å². The van der Waals surface area contributed by atoms with Gasteiger partial charge in [-0.25, -0.2) is 0 Å². The summed E-state index contributed by atoms with van der Waals surface area (Å²) in [6.07, 6.45) is 1.63. The van der Waals surface area contributed by atoms with E-state index in [4.69, 9.17) is 22.1 Å². The molecule has 0 aromatic heterocycles. The van der Waals surface area contributed by atoms with E-state index in [-0.39, 0.29) is 0 Å². The van der Waals surface area contributed by atoms with Crippen LogP contribution in [0.3, 0.4) is 0 Å². The van der Waals surface area contributed by atoms with E-state index in [1.54, 1.807) is 18.4 Å². The quantitative estimate of drug-likeness (QED) is 0.811. The summed E-state index contributed by atoms with van der Waals surface area (Å²) in [5.74, 6) is 0.869. The normalized spacial score (nSPS) is 12.5. The van der Waals surface area contributed by atoms with Gasteiger partial charge in [0.25, 0.3) is 0 Å². The van der Waals surface area contributed by atoms with Gasteiger partial charge in [0.2, 0.25) is 0 Å². The SMILES string of the molecule is COc1c(Cl)ccc(CS(C)=O)c1N. The molecule has 0 aliphatic rings. The van der Waals surface area contributed by atoms with Gasteiger partial charge in [0, 0.05) is 17.1 Å². The number of nitrogens with two attached hydrogens (primary N) is 1. The van der Waals surface area contributed by atoms with Crippen molar-refractivity contribution in [3.8, 4) is 5.75 Å². The molecule has 0 fully saturated rings. The van der Waals surface area contributed by atoms with Crippen LogP contribution in [0.2, 0.25) is 5.02 Å². The second-order valence-corrected chi connectivity index (χ2v) is 4.71. The predicted molar refractivity (Wildman–Crippen MR) is 60.2 cm³/mol.